The molecule has 0 radical (unpaired) electrons. The van der Waals surface area contributed by atoms with Crippen molar-refractivity contribution in [2.24, 2.45) is 0 Å². The molecule has 1 aliphatic heterocycles. The van der Waals surface area contributed by atoms with Crippen LogP contribution < -0.4 is 10.6 Å². The molecular weight excluding hydrogens is 196 g/mol. The van der Waals surface area contributed by atoms with Gasteiger partial charge in [-0.25, -0.2) is 0 Å². The molecule has 1 atom stereocenters. The van der Waals surface area contributed by atoms with Gasteiger partial charge in [-0.2, -0.15) is 5.10 Å². The van der Waals surface area contributed by atoms with Gasteiger partial charge in [0.05, 0.1) is 13.2 Å². The van der Waals surface area contributed by atoms with Crippen molar-refractivity contribution in [2.75, 3.05) is 25.1 Å². The molecule has 0 saturated carbocycles. The molecule has 2 rings (SSSR count). The van der Waals surface area contributed by atoms with E-state index in [0.29, 0.717) is 25.6 Å². The van der Waals surface area contributed by atoms with E-state index < -0.39 is 0 Å². The molecule has 0 spiro atoms. The zero-order valence-electron chi connectivity index (χ0n) is 8.54. The van der Waals surface area contributed by atoms with Crippen LogP contribution in [0.5, 0.6) is 0 Å². The first kappa shape index (κ1) is 10.1. The fourth-order valence-corrected chi connectivity index (χ4v) is 1.43. The Morgan fingerprint density at radius 3 is 3.20 bits per heavy atom. The summed E-state index contributed by atoms with van der Waals surface area (Å²) in [5.41, 5.74) is 0.915. The van der Waals surface area contributed by atoms with Gasteiger partial charge in [-0.3, -0.25) is 9.89 Å². The Hall–Kier alpha value is -1.40. The number of rotatable bonds is 2. The van der Waals surface area contributed by atoms with Crippen LogP contribution in [0.15, 0.2) is 6.07 Å². The fraction of sp³-hybridized carbons (Fsp3) is 0.556. The molecule has 2 heterocycles. The molecule has 6 nitrogen and oxygen atoms in total. The third-order valence-electron chi connectivity index (χ3n) is 2.20. The van der Waals surface area contributed by atoms with Crippen LogP contribution in [-0.4, -0.2) is 41.9 Å². The number of ether oxygens (including phenoxy) is 1. The largest absolute Gasteiger partial charge is 0.378 e. The number of hydrogen-bond donors (Lipinski definition) is 3. The summed E-state index contributed by atoms with van der Waals surface area (Å²) in [4.78, 5) is 11.7. The minimum atomic E-state index is -0.282. The predicted octanol–water partition coefficient (Wildman–Crippen LogP) is -0.355. The van der Waals surface area contributed by atoms with E-state index in [1.807, 2.05) is 6.92 Å². The van der Waals surface area contributed by atoms with Crippen molar-refractivity contribution < 1.29 is 9.53 Å². The third-order valence-corrected chi connectivity index (χ3v) is 2.20. The van der Waals surface area contributed by atoms with Gasteiger partial charge in [0.2, 0.25) is 5.91 Å². The van der Waals surface area contributed by atoms with Crippen LogP contribution in [0.2, 0.25) is 0 Å². The van der Waals surface area contributed by atoms with Crippen molar-refractivity contribution in [3.8, 4) is 0 Å². The van der Waals surface area contributed by atoms with E-state index in [2.05, 4.69) is 20.8 Å². The molecule has 1 amide bonds. The number of anilines is 1. The molecule has 1 aromatic rings. The number of morpholine rings is 1. The molecule has 1 saturated heterocycles. The highest BCUT2D eigenvalue weighted by Gasteiger charge is 2.21. The molecule has 0 aromatic carbocycles. The minimum absolute atomic E-state index is 0.110. The molecule has 1 aliphatic rings. The summed E-state index contributed by atoms with van der Waals surface area (Å²) in [6.45, 7) is 3.66. The lowest BCUT2D eigenvalue weighted by Gasteiger charge is -2.22. The van der Waals surface area contributed by atoms with Gasteiger partial charge in [0.1, 0.15) is 6.04 Å². The normalized spacial score (nSPS) is 21.3. The first-order valence-electron chi connectivity index (χ1n) is 4.90. The van der Waals surface area contributed by atoms with Gasteiger partial charge in [0.15, 0.2) is 5.82 Å². The van der Waals surface area contributed by atoms with Crippen molar-refractivity contribution in [1.29, 1.82) is 0 Å². The Morgan fingerprint density at radius 2 is 2.60 bits per heavy atom. The van der Waals surface area contributed by atoms with Gasteiger partial charge >= 0.3 is 0 Å². The predicted molar refractivity (Wildman–Crippen MR) is 54.6 cm³/mol. The Labute approximate surface area is 87.4 Å². The number of nitrogens with one attached hydrogen (secondary N) is 3. The van der Waals surface area contributed by atoms with Gasteiger partial charge in [-0.1, -0.05) is 0 Å². The van der Waals surface area contributed by atoms with E-state index in [1.165, 1.54) is 0 Å². The van der Waals surface area contributed by atoms with E-state index >= 15 is 0 Å². The topological polar surface area (TPSA) is 79.0 Å². The Bertz CT molecular complexity index is 344. The average Bonchev–Trinajstić information content (AvgIpc) is 2.65. The highest BCUT2D eigenvalue weighted by atomic mass is 16.5. The number of aromatic nitrogens is 2. The van der Waals surface area contributed by atoms with Crippen LogP contribution in [0.4, 0.5) is 5.82 Å². The average molecular weight is 210 g/mol. The van der Waals surface area contributed by atoms with Crippen molar-refractivity contribution in [3.05, 3.63) is 11.8 Å². The lowest BCUT2D eigenvalue weighted by Crippen LogP contribution is -2.48. The zero-order chi connectivity index (χ0) is 10.7. The first-order chi connectivity index (χ1) is 7.25. The van der Waals surface area contributed by atoms with Crippen molar-refractivity contribution in [2.45, 2.75) is 13.0 Å². The van der Waals surface area contributed by atoms with Crippen molar-refractivity contribution >= 4 is 11.7 Å². The van der Waals surface area contributed by atoms with E-state index in [0.717, 1.165) is 5.69 Å². The Balaban J connectivity index is 1.91. The van der Waals surface area contributed by atoms with Crippen LogP contribution in [0, 0.1) is 6.92 Å². The van der Waals surface area contributed by atoms with Crippen LogP contribution in [0.25, 0.3) is 0 Å². The van der Waals surface area contributed by atoms with Gasteiger partial charge in [-0.05, 0) is 6.92 Å². The molecule has 1 unspecified atom stereocenters. The molecule has 15 heavy (non-hydrogen) atoms. The molecule has 3 N–H and O–H groups in total. The Kier molecular flexibility index (Phi) is 2.98. The maximum absolute atomic E-state index is 11.7. The highest BCUT2D eigenvalue weighted by molar-refractivity contribution is 5.94. The number of carbonyl (C=O) groups excluding carboxylic acids is 1. The molecule has 82 valence electrons. The second kappa shape index (κ2) is 4.41. The second-order valence-electron chi connectivity index (χ2n) is 3.51. The van der Waals surface area contributed by atoms with Gasteiger partial charge in [0.25, 0.3) is 0 Å². The monoisotopic (exact) mass is 210 g/mol. The van der Waals surface area contributed by atoms with Crippen LogP contribution in [0.1, 0.15) is 5.69 Å². The maximum Gasteiger partial charge on any atom is 0.245 e. The van der Waals surface area contributed by atoms with E-state index in [-0.39, 0.29) is 11.9 Å². The Morgan fingerprint density at radius 1 is 1.73 bits per heavy atom. The number of H-pyrrole nitrogens is 1. The van der Waals surface area contributed by atoms with Gasteiger partial charge in [0, 0.05) is 18.3 Å². The fourth-order valence-electron chi connectivity index (χ4n) is 1.43. The molecule has 0 bridgehead atoms. The molecule has 6 heteroatoms. The molecule has 1 fully saturated rings. The quantitative estimate of drug-likeness (QED) is 0.623. The third kappa shape index (κ3) is 2.54. The first-order valence-corrected chi connectivity index (χ1v) is 4.90. The van der Waals surface area contributed by atoms with Gasteiger partial charge < -0.3 is 15.4 Å². The SMILES string of the molecule is Cc1cc(NC(=O)C2COCCN2)n[nH]1. The summed E-state index contributed by atoms with van der Waals surface area (Å²) >= 11 is 0. The number of hydrogen-bond acceptors (Lipinski definition) is 4. The number of nitrogens with zero attached hydrogens (tertiary/aromatic N) is 1. The smallest absolute Gasteiger partial charge is 0.245 e. The summed E-state index contributed by atoms with van der Waals surface area (Å²) in [7, 11) is 0. The van der Waals surface area contributed by atoms with E-state index in [4.69, 9.17) is 4.74 Å². The highest BCUT2D eigenvalue weighted by Crippen LogP contribution is 2.05. The maximum atomic E-state index is 11.7. The van der Waals surface area contributed by atoms with Crippen LogP contribution in [-0.2, 0) is 9.53 Å². The summed E-state index contributed by atoms with van der Waals surface area (Å²) < 4.78 is 5.19. The summed E-state index contributed by atoms with van der Waals surface area (Å²) in [6.07, 6.45) is 0. The van der Waals surface area contributed by atoms with Crippen molar-refractivity contribution in [3.63, 3.8) is 0 Å². The van der Waals surface area contributed by atoms with E-state index in [9.17, 15) is 4.79 Å². The molecule has 1 aromatic heterocycles. The number of aryl methyl sites for hydroxylation is 1. The van der Waals surface area contributed by atoms with Crippen LogP contribution >= 0.6 is 0 Å². The molecular formula is C9H14N4O2. The van der Waals surface area contributed by atoms with Gasteiger partial charge in [-0.15, -0.1) is 0 Å². The van der Waals surface area contributed by atoms with Crippen LogP contribution in [0.3, 0.4) is 0 Å². The second-order valence-corrected chi connectivity index (χ2v) is 3.51. The number of amides is 1. The molecule has 0 aliphatic carbocycles. The summed E-state index contributed by atoms with van der Waals surface area (Å²) in [6, 6.07) is 1.50. The van der Waals surface area contributed by atoms with E-state index in [1.54, 1.807) is 6.07 Å². The minimum Gasteiger partial charge on any atom is -0.378 e. The summed E-state index contributed by atoms with van der Waals surface area (Å²) in [5, 5.41) is 12.5. The standard InChI is InChI=1S/C9H14N4O2/c1-6-4-8(13-12-6)11-9(14)7-5-15-3-2-10-7/h4,7,10H,2-3,5H2,1H3,(H2,11,12,13,14). The summed E-state index contributed by atoms with van der Waals surface area (Å²) in [5.74, 6) is 0.436. The zero-order valence-corrected chi connectivity index (χ0v) is 8.54. The number of aromatic amines is 1. The lowest BCUT2D eigenvalue weighted by atomic mass is 10.2. The lowest BCUT2D eigenvalue weighted by molar-refractivity contribution is -0.120. The number of carbonyl (C=O) groups is 1. The van der Waals surface area contributed by atoms with Crippen molar-refractivity contribution in [1.82, 2.24) is 15.5 Å².